The zero-order valence-corrected chi connectivity index (χ0v) is 20.7. The molecule has 1 fully saturated rings. The summed E-state index contributed by atoms with van der Waals surface area (Å²) in [5, 5.41) is 2.94. The average Bonchev–Trinajstić information content (AvgIpc) is 2.87. The van der Waals surface area contributed by atoms with E-state index in [4.69, 9.17) is 4.74 Å². The molecule has 0 aliphatic carbocycles. The lowest BCUT2D eigenvalue weighted by molar-refractivity contribution is -0.111. The first-order valence-electron chi connectivity index (χ1n) is 11.8. The fourth-order valence-corrected chi connectivity index (χ4v) is 4.80. The van der Waals surface area contributed by atoms with Crippen LogP contribution < -0.4 is 5.32 Å². The van der Waals surface area contributed by atoms with Crippen LogP contribution in [-0.2, 0) is 16.1 Å². The summed E-state index contributed by atoms with van der Waals surface area (Å²) >= 11 is 1.73. The van der Waals surface area contributed by atoms with Gasteiger partial charge in [0.25, 0.3) is 0 Å². The van der Waals surface area contributed by atoms with Gasteiger partial charge in [0.2, 0.25) is 5.91 Å². The van der Waals surface area contributed by atoms with Crippen molar-refractivity contribution in [3.8, 4) is 0 Å². The smallest absolute Gasteiger partial charge is 0.248 e. The quantitative estimate of drug-likeness (QED) is 0.385. The van der Waals surface area contributed by atoms with Crippen molar-refractivity contribution in [3.63, 3.8) is 0 Å². The van der Waals surface area contributed by atoms with Gasteiger partial charge in [-0.1, -0.05) is 53.7 Å². The molecule has 176 valence electrons. The Labute approximate surface area is 207 Å². The summed E-state index contributed by atoms with van der Waals surface area (Å²) in [6, 6.07) is 25.4. The molecule has 1 aliphatic rings. The monoisotopic (exact) mass is 472 g/mol. The van der Waals surface area contributed by atoms with Crippen molar-refractivity contribution in [1.82, 2.24) is 4.90 Å². The molecule has 0 radical (unpaired) electrons. The van der Waals surface area contributed by atoms with E-state index in [1.54, 1.807) is 17.8 Å². The maximum atomic E-state index is 12.4. The van der Waals surface area contributed by atoms with Crippen LogP contribution in [-0.4, -0.2) is 37.1 Å². The summed E-state index contributed by atoms with van der Waals surface area (Å²) in [6.07, 6.45) is 5.60. The Morgan fingerprint density at radius 2 is 1.59 bits per heavy atom. The normalized spacial score (nSPS) is 14.6. The number of rotatable bonds is 8. The molecule has 4 rings (SSSR count). The highest BCUT2D eigenvalue weighted by Gasteiger charge is 2.18. The zero-order valence-electron chi connectivity index (χ0n) is 19.9. The van der Waals surface area contributed by atoms with E-state index in [-0.39, 0.29) is 5.91 Å². The molecule has 1 aliphatic heterocycles. The van der Waals surface area contributed by atoms with Crippen LogP contribution in [0.5, 0.6) is 0 Å². The molecule has 1 amide bonds. The van der Waals surface area contributed by atoms with Crippen LogP contribution in [0, 0.1) is 6.92 Å². The lowest BCUT2D eigenvalue weighted by atomic mass is 10.1. The van der Waals surface area contributed by atoms with Crippen molar-refractivity contribution in [2.45, 2.75) is 42.1 Å². The van der Waals surface area contributed by atoms with E-state index >= 15 is 0 Å². The standard InChI is InChI=1S/C29H32N2O2S/c1-22-3-12-27(13-4-22)34-28-14-7-23(8-15-28)9-16-29(32)30-25-10-5-24(6-11-25)21-31(2)26-17-19-33-20-18-26/h3-16,26H,17-21H2,1-2H3,(H,30,32). The van der Waals surface area contributed by atoms with Crippen LogP contribution in [0.25, 0.3) is 6.08 Å². The Morgan fingerprint density at radius 1 is 0.971 bits per heavy atom. The number of nitrogens with one attached hydrogen (secondary N) is 1. The highest BCUT2D eigenvalue weighted by atomic mass is 32.2. The van der Waals surface area contributed by atoms with E-state index in [1.165, 1.54) is 20.9 Å². The summed E-state index contributed by atoms with van der Waals surface area (Å²) in [5.74, 6) is -0.134. The number of ether oxygens (including phenoxy) is 1. The molecule has 1 N–H and O–H groups in total. The van der Waals surface area contributed by atoms with Gasteiger partial charge in [0, 0.05) is 47.4 Å². The number of aryl methyl sites for hydroxylation is 1. The van der Waals surface area contributed by atoms with Crippen LogP contribution in [0.15, 0.2) is 88.7 Å². The molecule has 0 saturated carbocycles. The Balaban J connectivity index is 1.25. The molecule has 0 atom stereocenters. The molecule has 34 heavy (non-hydrogen) atoms. The Morgan fingerprint density at radius 3 is 2.24 bits per heavy atom. The predicted octanol–water partition coefficient (Wildman–Crippen LogP) is 6.41. The van der Waals surface area contributed by atoms with Gasteiger partial charge in [-0.3, -0.25) is 9.69 Å². The Hall–Kier alpha value is -2.86. The summed E-state index contributed by atoms with van der Waals surface area (Å²) < 4.78 is 5.46. The van der Waals surface area contributed by atoms with Gasteiger partial charge in [0.1, 0.15) is 0 Å². The van der Waals surface area contributed by atoms with Gasteiger partial charge in [0.05, 0.1) is 0 Å². The number of benzene rings is 3. The second-order valence-electron chi connectivity index (χ2n) is 8.76. The molecule has 4 nitrogen and oxygen atoms in total. The van der Waals surface area contributed by atoms with Gasteiger partial charge >= 0.3 is 0 Å². The van der Waals surface area contributed by atoms with Crippen molar-refractivity contribution >= 4 is 29.4 Å². The van der Waals surface area contributed by atoms with Crippen molar-refractivity contribution in [1.29, 1.82) is 0 Å². The highest BCUT2D eigenvalue weighted by Crippen LogP contribution is 2.28. The lowest BCUT2D eigenvalue weighted by Gasteiger charge is -2.31. The number of anilines is 1. The third kappa shape index (κ3) is 7.32. The molecular weight excluding hydrogens is 440 g/mol. The third-order valence-electron chi connectivity index (χ3n) is 6.03. The topological polar surface area (TPSA) is 41.6 Å². The number of amides is 1. The van der Waals surface area contributed by atoms with Gasteiger partial charge in [-0.05, 0) is 80.4 Å². The van der Waals surface area contributed by atoms with Crippen LogP contribution in [0.2, 0.25) is 0 Å². The number of hydrogen-bond donors (Lipinski definition) is 1. The summed E-state index contributed by atoms with van der Waals surface area (Å²) in [7, 11) is 2.17. The van der Waals surface area contributed by atoms with E-state index in [0.29, 0.717) is 6.04 Å². The van der Waals surface area contributed by atoms with Crippen LogP contribution in [0.3, 0.4) is 0 Å². The van der Waals surface area contributed by atoms with Gasteiger partial charge in [0.15, 0.2) is 0 Å². The largest absolute Gasteiger partial charge is 0.381 e. The molecule has 0 bridgehead atoms. The molecule has 3 aromatic carbocycles. The number of carbonyl (C=O) groups excluding carboxylic acids is 1. The van der Waals surface area contributed by atoms with E-state index in [2.05, 4.69) is 72.7 Å². The molecule has 0 spiro atoms. The first-order valence-corrected chi connectivity index (χ1v) is 12.6. The minimum atomic E-state index is -0.134. The van der Waals surface area contributed by atoms with E-state index in [0.717, 1.165) is 43.9 Å². The van der Waals surface area contributed by atoms with Crippen molar-refractivity contribution in [2.75, 3.05) is 25.6 Å². The minimum absolute atomic E-state index is 0.134. The van der Waals surface area contributed by atoms with E-state index in [1.807, 2.05) is 30.3 Å². The zero-order chi connectivity index (χ0) is 23.8. The van der Waals surface area contributed by atoms with Crippen molar-refractivity contribution in [2.24, 2.45) is 0 Å². The van der Waals surface area contributed by atoms with Gasteiger partial charge in [-0.15, -0.1) is 0 Å². The van der Waals surface area contributed by atoms with Crippen LogP contribution in [0.4, 0.5) is 5.69 Å². The fraction of sp³-hybridized carbons (Fsp3) is 0.276. The number of carbonyl (C=O) groups is 1. The number of hydrogen-bond acceptors (Lipinski definition) is 4. The van der Waals surface area contributed by atoms with Gasteiger partial charge < -0.3 is 10.1 Å². The van der Waals surface area contributed by atoms with Crippen molar-refractivity contribution in [3.05, 3.63) is 95.6 Å². The van der Waals surface area contributed by atoms with E-state index in [9.17, 15) is 4.79 Å². The first-order chi connectivity index (χ1) is 16.5. The summed E-state index contributed by atoms with van der Waals surface area (Å²) in [5.41, 5.74) is 4.30. The maximum absolute atomic E-state index is 12.4. The predicted molar refractivity (Wildman–Crippen MR) is 141 cm³/mol. The molecule has 0 unspecified atom stereocenters. The molecular formula is C29H32N2O2S. The first kappa shape index (κ1) is 24.3. The summed E-state index contributed by atoms with van der Waals surface area (Å²) in [6.45, 7) is 4.69. The molecule has 3 aromatic rings. The molecule has 5 heteroatoms. The Bertz CT molecular complexity index is 1090. The van der Waals surface area contributed by atoms with Crippen LogP contribution >= 0.6 is 11.8 Å². The summed E-state index contributed by atoms with van der Waals surface area (Å²) in [4.78, 5) is 17.2. The minimum Gasteiger partial charge on any atom is -0.381 e. The van der Waals surface area contributed by atoms with Crippen molar-refractivity contribution < 1.29 is 9.53 Å². The lowest BCUT2D eigenvalue weighted by Crippen LogP contribution is -2.36. The highest BCUT2D eigenvalue weighted by molar-refractivity contribution is 7.99. The Kier molecular flexibility index (Phi) is 8.58. The molecule has 0 aromatic heterocycles. The third-order valence-corrected chi connectivity index (χ3v) is 7.05. The second-order valence-corrected chi connectivity index (χ2v) is 9.91. The van der Waals surface area contributed by atoms with Gasteiger partial charge in [-0.25, -0.2) is 0 Å². The molecule has 1 heterocycles. The maximum Gasteiger partial charge on any atom is 0.248 e. The average molecular weight is 473 g/mol. The van der Waals surface area contributed by atoms with Gasteiger partial charge in [-0.2, -0.15) is 0 Å². The SMILES string of the molecule is Cc1ccc(Sc2ccc(C=CC(=O)Nc3ccc(CN(C)C4CCOCC4)cc3)cc2)cc1. The number of nitrogens with zero attached hydrogens (tertiary/aromatic N) is 1. The molecule has 1 saturated heterocycles. The van der Waals surface area contributed by atoms with E-state index < -0.39 is 0 Å². The second kappa shape index (κ2) is 12.0. The van der Waals surface area contributed by atoms with Crippen LogP contribution in [0.1, 0.15) is 29.5 Å². The fourth-order valence-electron chi connectivity index (χ4n) is 3.98.